The Bertz CT molecular complexity index is 794. The lowest BCUT2D eigenvalue weighted by molar-refractivity contribution is 0.0448. The van der Waals surface area contributed by atoms with Gasteiger partial charge in [0.25, 0.3) is 0 Å². The third kappa shape index (κ3) is 7.93. The predicted octanol–water partition coefficient (Wildman–Crippen LogP) is 4.15. The third-order valence-electron chi connectivity index (χ3n) is 4.60. The molecule has 30 heavy (non-hydrogen) atoms. The zero-order valence-electron chi connectivity index (χ0n) is 18.7. The van der Waals surface area contributed by atoms with Gasteiger partial charge in [0.1, 0.15) is 5.60 Å². The molecular formula is C20H35IN6O2S. The van der Waals surface area contributed by atoms with Crippen LogP contribution in [0.4, 0.5) is 4.79 Å². The highest BCUT2D eigenvalue weighted by Crippen LogP contribution is 2.16. The highest BCUT2D eigenvalue weighted by molar-refractivity contribution is 14.0. The Labute approximate surface area is 200 Å². The molecule has 0 saturated heterocycles. The van der Waals surface area contributed by atoms with E-state index in [2.05, 4.69) is 39.8 Å². The van der Waals surface area contributed by atoms with Crippen molar-refractivity contribution in [2.45, 2.75) is 72.1 Å². The molecule has 2 rings (SSSR count). The lowest BCUT2D eigenvalue weighted by Gasteiger charge is -2.34. The van der Waals surface area contributed by atoms with Gasteiger partial charge in [-0.2, -0.15) is 0 Å². The van der Waals surface area contributed by atoms with Crippen molar-refractivity contribution in [3.05, 3.63) is 23.5 Å². The van der Waals surface area contributed by atoms with Crippen LogP contribution in [-0.4, -0.2) is 45.7 Å². The number of nitrogens with one attached hydrogen (secondary N) is 3. The van der Waals surface area contributed by atoms with E-state index in [1.807, 2.05) is 49.9 Å². The molecule has 170 valence electrons. The minimum atomic E-state index is -0.528. The summed E-state index contributed by atoms with van der Waals surface area (Å²) in [7, 11) is 0. The Balaban J connectivity index is 0.00000450. The quantitative estimate of drug-likeness (QED) is 0.261. The molecule has 0 saturated carbocycles. The predicted molar refractivity (Wildman–Crippen MR) is 134 cm³/mol. The fourth-order valence-corrected chi connectivity index (χ4v) is 3.57. The van der Waals surface area contributed by atoms with Gasteiger partial charge in [0.05, 0.1) is 17.8 Å². The van der Waals surface area contributed by atoms with Crippen LogP contribution in [0.25, 0.3) is 4.96 Å². The van der Waals surface area contributed by atoms with Gasteiger partial charge in [-0.15, -0.1) is 35.3 Å². The Morgan fingerprint density at radius 3 is 2.50 bits per heavy atom. The Morgan fingerprint density at radius 2 is 1.93 bits per heavy atom. The number of ether oxygens (including phenoxy) is 1. The maximum atomic E-state index is 12.3. The number of thiazole rings is 1. The van der Waals surface area contributed by atoms with E-state index in [0.29, 0.717) is 19.0 Å². The van der Waals surface area contributed by atoms with Crippen LogP contribution >= 0.6 is 35.3 Å². The van der Waals surface area contributed by atoms with Crippen molar-refractivity contribution < 1.29 is 9.53 Å². The van der Waals surface area contributed by atoms with E-state index in [0.717, 1.165) is 30.0 Å². The minimum Gasteiger partial charge on any atom is -0.444 e. The molecular weight excluding hydrogens is 515 g/mol. The average Bonchev–Trinajstić information content (AvgIpc) is 3.23. The molecule has 2 aromatic heterocycles. The molecule has 0 radical (unpaired) electrons. The SMILES string of the molecule is CCNC(=NCc1cn2ccsc2n1)NCC(CC)(CC)NC(=O)OC(C)(C)C.I. The van der Waals surface area contributed by atoms with Crippen LogP contribution in [0, 0.1) is 0 Å². The largest absolute Gasteiger partial charge is 0.444 e. The molecule has 8 nitrogen and oxygen atoms in total. The molecule has 10 heteroatoms. The number of alkyl carbamates (subject to hydrolysis) is 1. The number of carbonyl (C=O) groups is 1. The van der Waals surface area contributed by atoms with Gasteiger partial charge in [0.15, 0.2) is 10.9 Å². The first-order valence-electron chi connectivity index (χ1n) is 10.1. The van der Waals surface area contributed by atoms with Crippen molar-refractivity contribution in [3.63, 3.8) is 0 Å². The number of nitrogens with zero attached hydrogens (tertiary/aromatic N) is 3. The first-order valence-corrected chi connectivity index (χ1v) is 11.0. The molecule has 3 N–H and O–H groups in total. The first kappa shape index (κ1) is 26.5. The summed E-state index contributed by atoms with van der Waals surface area (Å²) in [5, 5.41) is 11.7. The van der Waals surface area contributed by atoms with E-state index in [4.69, 9.17) is 4.74 Å². The molecule has 0 aliphatic heterocycles. The second-order valence-electron chi connectivity index (χ2n) is 7.99. The standard InChI is InChI=1S/C20H34N6O2S.HI/c1-7-20(8-2,25-18(27)28-19(4,5)6)14-23-16(21-9-3)22-12-15-13-26-10-11-29-17(26)24-15;/h10-11,13H,7-9,12,14H2,1-6H3,(H,25,27)(H2,21,22,23);1H. The highest BCUT2D eigenvalue weighted by atomic mass is 127. The number of amides is 1. The fourth-order valence-electron chi connectivity index (χ4n) is 2.85. The van der Waals surface area contributed by atoms with Gasteiger partial charge in [-0.3, -0.25) is 4.40 Å². The number of guanidine groups is 1. The summed E-state index contributed by atoms with van der Waals surface area (Å²) >= 11 is 1.60. The van der Waals surface area contributed by atoms with Gasteiger partial charge in [0.2, 0.25) is 0 Å². The Morgan fingerprint density at radius 1 is 1.23 bits per heavy atom. The fraction of sp³-hybridized carbons (Fsp3) is 0.650. The topological polar surface area (TPSA) is 92.0 Å². The van der Waals surface area contributed by atoms with Crippen molar-refractivity contribution in [2.24, 2.45) is 4.99 Å². The summed E-state index contributed by atoms with van der Waals surface area (Å²) in [6.07, 6.45) is 5.12. The molecule has 0 aromatic carbocycles. The highest BCUT2D eigenvalue weighted by Gasteiger charge is 2.30. The summed E-state index contributed by atoms with van der Waals surface area (Å²) in [6.45, 7) is 13.5. The molecule has 0 fully saturated rings. The van der Waals surface area contributed by atoms with Crippen LogP contribution < -0.4 is 16.0 Å². The number of carbonyl (C=O) groups excluding carboxylic acids is 1. The number of rotatable bonds is 8. The van der Waals surface area contributed by atoms with E-state index in [1.54, 1.807) is 11.3 Å². The van der Waals surface area contributed by atoms with Crippen molar-refractivity contribution in [3.8, 4) is 0 Å². The Kier molecular flexibility index (Phi) is 10.4. The average molecular weight is 551 g/mol. The van der Waals surface area contributed by atoms with Crippen molar-refractivity contribution in [1.82, 2.24) is 25.3 Å². The van der Waals surface area contributed by atoms with E-state index in [-0.39, 0.29) is 24.0 Å². The third-order valence-corrected chi connectivity index (χ3v) is 5.37. The normalized spacial score (nSPS) is 12.4. The summed E-state index contributed by atoms with van der Waals surface area (Å²) in [5.74, 6) is 0.695. The van der Waals surface area contributed by atoms with E-state index in [9.17, 15) is 4.79 Å². The van der Waals surface area contributed by atoms with Crippen molar-refractivity contribution in [2.75, 3.05) is 13.1 Å². The zero-order chi connectivity index (χ0) is 21.5. The van der Waals surface area contributed by atoms with Gasteiger partial charge in [-0.1, -0.05) is 13.8 Å². The van der Waals surface area contributed by atoms with E-state index in [1.165, 1.54) is 0 Å². The number of aliphatic imine (C=N–C) groups is 1. The lowest BCUT2D eigenvalue weighted by Crippen LogP contribution is -2.57. The number of hydrogen-bond acceptors (Lipinski definition) is 5. The minimum absolute atomic E-state index is 0. The van der Waals surface area contributed by atoms with E-state index < -0.39 is 17.2 Å². The number of imidazole rings is 1. The van der Waals surface area contributed by atoms with Crippen LogP contribution in [-0.2, 0) is 11.3 Å². The maximum absolute atomic E-state index is 12.3. The molecule has 2 heterocycles. The summed E-state index contributed by atoms with van der Waals surface area (Å²) < 4.78 is 7.44. The second kappa shape index (κ2) is 11.7. The first-order chi connectivity index (χ1) is 13.7. The summed E-state index contributed by atoms with van der Waals surface area (Å²) in [6, 6.07) is 0. The lowest BCUT2D eigenvalue weighted by atomic mass is 9.93. The smallest absolute Gasteiger partial charge is 0.408 e. The van der Waals surface area contributed by atoms with Crippen molar-refractivity contribution >= 4 is 52.3 Å². The van der Waals surface area contributed by atoms with Gasteiger partial charge >= 0.3 is 6.09 Å². The molecule has 0 bridgehead atoms. The van der Waals surface area contributed by atoms with Crippen LogP contribution in [0.5, 0.6) is 0 Å². The van der Waals surface area contributed by atoms with Gasteiger partial charge < -0.3 is 20.7 Å². The molecule has 0 spiro atoms. The summed E-state index contributed by atoms with van der Waals surface area (Å²) in [5.41, 5.74) is -0.0345. The Hall–Kier alpha value is -1.56. The molecule has 2 aromatic rings. The summed E-state index contributed by atoms with van der Waals surface area (Å²) in [4.78, 5) is 22.5. The van der Waals surface area contributed by atoms with Gasteiger partial charge in [-0.05, 0) is 40.5 Å². The van der Waals surface area contributed by atoms with Crippen LogP contribution in [0.15, 0.2) is 22.8 Å². The molecule has 0 atom stereocenters. The zero-order valence-corrected chi connectivity index (χ0v) is 21.9. The molecule has 0 aliphatic carbocycles. The van der Waals surface area contributed by atoms with E-state index >= 15 is 0 Å². The molecule has 0 aliphatic rings. The van der Waals surface area contributed by atoms with Crippen LogP contribution in [0.3, 0.4) is 0 Å². The number of aromatic nitrogens is 2. The monoisotopic (exact) mass is 550 g/mol. The molecule has 1 amide bonds. The van der Waals surface area contributed by atoms with Crippen LogP contribution in [0.1, 0.15) is 60.1 Å². The second-order valence-corrected chi connectivity index (χ2v) is 8.86. The number of hydrogen-bond donors (Lipinski definition) is 3. The van der Waals surface area contributed by atoms with Gasteiger partial charge in [-0.25, -0.2) is 14.8 Å². The number of halogens is 1. The maximum Gasteiger partial charge on any atom is 0.408 e. The molecule has 0 unspecified atom stereocenters. The van der Waals surface area contributed by atoms with Gasteiger partial charge in [0, 0.05) is 30.9 Å². The van der Waals surface area contributed by atoms with Crippen molar-refractivity contribution in [1.29, 1.82) is 0 Å². The van der Waals surface area contributed by atoms with Crippen LogP contribution in [0.2, 0.25) is 0 Å². The number of fused-ring (bicyclic) bond motifs is 1.